The van der Waals surface area contributed by atoms with E-state index in [1.807, 2.05) is 24.3 Å². The Hall–Kier alpha value is -3.14. The molecule has 0 aliphatic carbocycles. The molecule has 1 N–H and O–H groups in total. The first-order valence-corrected chi connectivity index (χ1v) is 9.95. The largest absolute Gasteiger partial charge is 0.413 e. The normalized spacial score (nSPS) is 16.9. The monoisotopic (exact) mass is 412 g/mol. The minimum atomic E-state index is -1.82. The number of para-hydroxylation sites is 1. The van der Waals surface area contributed by atoms with Crippen LogP contribution in [0.4, 0.5) is 4.39 Å². The maximum absolute atomic E-state index is 14.1. The van der Waals surface area contributed by atoms with Crippen LogP contribution in [-0.2, 0) is 12.1 Å². The van der Waals surface area contributed by atoms with Gasteiger partial charge in [0.25, 0.3) is 5.89 Å². The number of fused-ring (bicyclic) bond motifs is 2. The molecule has 1 aliphatic rings. The number of benzene rings is 1. The van der Waals surface area contributed by atoms with Gasteiger partial charge < -0.3 is 14.3 Å². The average molecular weight is 412 g/mol. The third kappa shape index (κ3) is 3.00. The van der Waals surface area contributed by atoms with Gasteiger partial charge in [0.1, 0.15) is 11.0 Å². The van der Waals surface area contributed by atoms with Crippen molar-refractivity contribution in [2.75, 3.05) is 6.54 Å². The molecule has 1 aliphatic heterocycles. The van der Waals surface area contributed by atoms with Gasteiger partial charge >= 0.3 is 11.8 Å². The fourth-order valence-corrected chi connectivity index (χ4v) is 4.51. The number of imidazole rings is 1. The van der Waals surface area contributed by atoms with Gasteiger partial charge in [-0.15, -0.1) is 21.5 Å². The lowest BCUT2D eigenvalue weighted by Crippen LogP contribution is -2.41. The number of H-pyrrole nitrogens is 1. The van der Waals surface area contributed by atoms with Crippen LogP contribution >= 0.6 is 11.3 Å². The molecule has 4 heterocycles. The molecule has 0 unspecified atom stereocenters. The summed E-state index contributed by atoms with van der Waals surface area (Å²) in [5, 5.41) is 8.22. The summed E-state index contributed by atoms with van der Waals surface area (Å²) in [6.45, 7) is 3.02. The highest BCUT2D eigenvalue weighted by molar-refractivity contribution is 7.18. The number of carbonyl (C=O) groups excluding carboxylic acids is 1. The number of halogens is 1. The molecule has 4 aromatic rings. The number of carbonyl (C=O) groups is 1. The Bertz CT molecular complexity index is 1170. The van der Waals surface area contributed by atoms with E-state index in [4.69, 9.17) is 9.40 Å². The molecule has 148 valence electrons. The molecule has 29 heavy (non-hydrogen) atoms. The molecule has 10 heteroatoms. The average Bonchev–Trinajstić information content (AvgIpc) is 3.44. The van der Waals surface area contributed by atoms with Crippen LogP contribution in [0.1, 0.15) is 52.9 Å². The summed E-state index contributed by atoms with van der Waals surface area (Å²) in [4.78, 5) is 27.1. The first-order valence-electron chi connectivity index (χ1n) is 9.13. The highest BCUT2D eigenvalue weighted by Gasteiger charge is 2.39. The second-order valence-electron chi connectivity index (χ2n) is 7.32. The quantitative estimate of drug-likeness (QED) is 0.554. The van der Waals surface area contributed by atoms with Crippen molar-refractivity contribution in [3.05, 3.63) is 58.8 Å². The van der Waals surface area contributed by atoms with Crippen molar-refractivity contribution in [3.8, 4) is 0 Å². The maximum atomic E-state index is 14.1. The van der Waals surface area contributed by atoms with Crippen LogP contribution in [0.2, 0.25) is 0 Å². The Balaban J connectivity index is 1.57. The first-order chi connectivity index (χ1) is 13.9. The van der Waals surface area contributed by atoms with Crippen LogP contribution in [0, 0.1) is 0 Å². The molecule has 0 fully saturated rings. The zero-order valence-corrected chi connectivity index (χ0v) is 16.5. The van der Waals surface area contributed by atoms with Crippen LogP contribution in [0.5, 0.6) is 0 Å². The zero-order chi connectivity index (χ0) is 20.2. The van der Waals surface area contributed by atoms with Crippen molar-refractivity contribution in [2.24, 2.45) is 0 Å². The van der Waals surface area contributed by atoms with Gasteiger partial charge in [0.2, 0.25) is 0 Å². The predicted octanol–water partition coefficient (Wildman–Crippen LogP) is 3.39. The SMILES string of the molecule is CC(C)(F)c1nnc(C(=O)N2CCc3[nH]cnc3[C@H]2c2nc3ccccc3s2)o1. The number of aromatic nitrogens is 5. The number of nitrogens with one attached hydrogen (secondary N) is 1. The summed E-state index contributed by atoms with van der Waals surface area (Å²) in [6, 6.07) is 7.32. The standard InChI is InChI=1S/C19H17FN6O2S/c1-19(2,20)18-25-24-15(28-18)17(27)26-8-7-11-13(22-9-21-11)14(26)16-23-10-5-3-4-6-12(10)29-16/h3-6,9,14H,7-8H2,1-2H3,(H,21,22)/t14-/m0/s1. The molecule has 1 atom stereocenters. The smallest absolute Gasteiger partial charge is 0.312 e. The van der Waals surface area contributed by atoms with Crippen molar-refractivity contribution in [2.45, 2.75) is 32.0 Å². The van der Waals surface area contributed by atoms with Crippen molar-refractivity contribution in [1.82, 2.24) is 30.0 Å². The molecule has 3 aromatic heterocycles. The van der Waals surface area contributed by atoms with E-state index in [2.05, 4.69) is 20.2 Å². The van der Waals surface area contributed by atoms with Gasteiger partial charge in [0, 0.05) is 18.7 Å². The Morgan fingerprint density at radius 3 is 2.93 bits per heavy atom. The molecule has 0 bridgehead atoms. The van der Waals surface area contributed by atoms with Crippen LogP contribution in [0.25, 0.3) is 10.2 Å². The van der Waals surface area contributed by atoms with E-state index in [1.165, 1.54) is 25.2 Å². The minimum absolute atomic E-state index is 0.227. The highest BCUT2D eigenvalue weighted by Crippen LogP contribution is 2.38. The molecule has 1 amide bonds. The Morgan fingerprint density at radius 1 is 1.34 bits per heavy atom. The lowest BCUT2D eigenvalue weighted by molar-refractivity contribution is 0.0639. The number of hydrogen-bond acceptors (Lipinski definition) is 7. The summed E-state index contributed by atoms with van der Waals surface area (Å²) in [5.74, 6) is -0.934. The summed E-state index contributed by atoms with van der Waals surface area (Å²) in [5.41, 5.74) is 0.750. The Labute approximate surface area is 168 Å². The zero-order valence-electron chi connectivity index (χ0n) is 15.7. The third-order valence-corrected chi connectivity index (χ3v) is 5.94. The van der Waals surface area contributed by atoms with Crippen LogP contribution in [0.3, 0.4) is 0 Å². The van der Waals surface area contributed by atoms with Gasteiger partial charge in [0.15, 0.2) is 5.67 Å². The van der Waals surface area contributed by atoms with Crippen molar-refractivity contribution in [3.63, 3.8) is 0 Å². The number of hydrogen-bond donors (Lipinski definition) is 1. The fraction of sp³-hybridized carbons (Fsp3) is 0.316. The molecule has 0 radical (unpaired) electrons. The number of alkyl halides is 1. The van der Waals surface area contributed by atoms with Crippen molar-refractivity contribution >= 4 is 27.5 Å². The van der Waals surface area contributed by atoms with Gasteiger partial charge in [-0.1, -0.05) is 12.1 Å². The number of rotatable bonds is 3. The second-order valence-corrected chi connectivity index (χ2v) is 8.38. The lowest BCUT2D eigenvalue weighted by atomic mass is 10.0. The predicted molar refractivity (Wildman–Crippen MR) is 103 cm³/mol. The fourth-order valence-electron chi connectivity index (χ4n) is 3.43. The molecular weight excluding hydrogens is 395 g/mol. The Morgan fingerprint density at radius 2 is 2.17 bits per heavy atom. The number of aromatic amines is 1. The van der Waals surface area contributed by atoms with E-state index in [-0.39, 0.29) is 11.8 Å². The third-order valence-electron chi connectivity index (χ3n) is 4.85. The van der Waals surface area contributed by atoms with Gasteiger partial charge in [-0.05, 0) is 26.0 Å². The molecule has 0 saturated carbocycles. The van der Waals surface area contributed by atoms with Crippen molar-refractivity contribution < 1.29 is 13.6 Å². The van der Waals surface area contributed by atoms with E-state index in [0.29, 0.717) is 13.0 Å². The van der Waals surface area contributed by atoms with Gasteiger partial charge in [-0.2, -0.15) is 0 Å². The molecule has 5 rings (SSSR count). The first kappa shape index (κ1) is 17.9. The van der Waals surface area contributed by atoms with E-state index in [1.54, 1.807) is 11.2 Å². The highest BCUT2D eigenvalue weighted by atomic mass is 32.1. The van der Waals surface area contributed by atoms with Crippen LogP contribution < -0.4 is 0 Å². The second kappa shape index (κ2) is 6.45. The van der Waals surface area contributed by atoms with Crippen LogP contribution in [-0.4, -0.2) is 42.5 Å². The summed E-state index contributed by atoms with van der Waals surface area (Å²) < 4.78 is 20.5. The summed E-state index contributed by atoms with van der Waals surface area (Å²) in [7, 11) is 0. The lowest BCUT2D eigenvalue weighted by Gasteiger charge is -2.32. The topological polar surface area (TPSA) is 101 Å². The molecule has 1 aromatic carbocycles. The van der Waals surface area contributed by atoms with E-state index >= 15 is 0 Å². The molecule has 0 spiro atoms. The summed E-state index contributed by atoms with van der Waals surface area (Å²) >= 11 is 1.51. The number of amides is 1. The van der Waals surface area contributed by atoms with Crippen molar-refractivity contribution in [1.29, 1.82) is 0 Å². The van der Waals surface area contributed by atoms with E-state index < -0.39 is 17.6 Å². The maximum Gasteiger partial charge on any atom is 0.312 e. The number of nitrogens with zero attached hydrogens (tertiary/aromatic N) is 5. The van der Waals surface area contributed by atoms with Gasteiger partial charge in [-0.3, -0.25) is 4.79 Å². The van der Waals surface area contributed by atoms with E-state index in [9.17, 15) is 9.18 Å². The molecular formula is C19H17FN6O2S. The Kier molecular flexibility index (Phi) is 3.98. The molecule has 0 saturated heterocycles. The van der Waals surface area contributed by atoms with Crippen LogP contribution in [0.15, 0.2) is 35.0 Å². The van der Waals surface area contributed by atoms with Gasteiger partial charge in [-0.25, -0.2) is 14.4 Å². The summed E-state index contributed by atoms with van der Waals surface area (Å²) in [6.07, 6.45) is 2.23. The number of thiazole rings is 1. The van der Waals surface area contributed by atoms with Gasteiger partial charge in [0.05, 0.1) is 22.2 Å². The molecule has 8 nitrogen and oxygen atoms in total. The van der Waals surface area contributed by atoms with E-state index in [0.717, 1.165) is 26.6 Å². The minimum Gasteiger partial charge on any atom is -0.413 e.